The van der Waals surface area contributed by atoms with Crippen LogP contribution < -0.4 is 9.62 Å². The van der Waals surface area contributed by atoms with Gasteiger partial charge in [-0.25, -0.2) is 9.59 Å². The lowest BCUT2D eigenvalue weighted by Crippen LogP contribution is -2.09. The van der Waals surface area contributed by atoms with Gasteiger partial charge in [-0.3, -0.25) is 9.78 Å². The molecular formula is C17H14O6. The summed E-state index contributed by atoms with van der Waals surface area (Å²) in [5.41, 5.74) is 1.20. The zero-order chi connectivity index (χ0) is 16.7. The molecule has 0 saturated carbocycles. The molecule has 118 valence electrons. The van der Waals surface area contributed by atoms with Gasteiger partial charge < -0.3 is 4.74 Å². The van der Waals surface area contributed by atoms with Gasteiger partial charge in [-0.1, -0.05) is 24.8 Å². The van der Waals surface area contributed by atoms with Crippen LogP contribution in [-0.2, 0) is 14.7 Å². The Balaban J connectivity index is 1.93. The average molecular weight is 314 g/mol. The van der Waals surface area contributed by atoms with Gasteiger partial charge in [-0.05, 0) is 42.8 Å². The number of carbonyl (C=O) groups excluding carboxylic acids is 2. The van der Waals surface area contributed by atoms with Gasteiger partial charge in [0.2, 0.25) is 0 Å². The molecule has 2 aromatic rings. The fourth-order valence-corrected chi connectivity index (χ4v) is 1.60. The molecule has 0 heterocycles. The number of rotatable bonds is 6. The minimum absolute atomic E-state index is 0.245. The first-order valence-electron chi connectivity index (χ1n) is 6.65. The highest BCUT2D eigenvalue weighted by Crippen LogP contribution is 2.19. The van der Waals surface area contributed by atoms with Crippen LogP contribution in [0.15, 0.2) is 61.2 Å². The molecule has 23 heavy (non-hydrogen) atoms. The zero-order valence-electron chi connectivity index (χ0n) is 12.4. The highest BCUT2D eigenvalue weighted by atomic mass is 17.5. The van der Waals surface area contributed by atoms with Gasteiger partial charge in [-0.15, -0.1) is 0 Å². The van der Waals surface area contributed by atoms with Crippen molar-refractivity contribution in [3.63, 3.8) is 0 Å². The summed E-state index contributed by atoms with van der Waals surface area (Å²) in [7, 11) is 0. The number of hydrogen-bond donors (Lipinski definition) is 0. The number of para-hydroxylation sites is 1. The van der Waals surface area contributed by atoms with Crippen LogP contribution >= 0.6 is 0 Å². The van der Waals surface area contributed by atoms with Crippen LogP contribution in [0.1, 0.15) is 15.9 Å². The molecule has 0 amide bonds. The van der Waals surface area contributed by atoms with Crippen LogP contribution in [0.2, 0.25) is 0 Å². The number of carbonyl (C=O) groups is 2. The second kappa shape index (κ2) is 7.77. The van der Waals surface area contributed by atoms with E-state index < -0.39 is 11.9 Å². The number of aryl methyl sites for hydroxylation is 1. The van der Waals surface area contributed by atoms with Crippen molar-refractivity contribution in [2.45, 2.75) is 6.92 Å². The van der Waals surface area contributed by atoms with E-state index in [9.17, 15) is 9.59 Å². The summed E-state index contributed by atoms with van der Waals surface area (Å²) in [6.07, 6.45) is 0.925. The second-order valence-electron chi connectivity index (χ2n) is 4.44. The smallest absolute Gasteiger partial charge is 0.369 e. The SMILES string of the molecule is C=CC(=O)OOOc1ccc(C(=O)Oc2ccccc2C)cc1. The van der Waals surface area contributed by atoms with Gasteiger partial charge in [0.25, 0.3) is 0 Å². The van der Waals surface area contributed by atoms with Crippen LogP contribution in [0.5, 0.6) is 11.5 Å². The molecule has 0 spiro atoms. The summed E-state index contributed by atoms with van der Waals surface area (Å²) >= 11 is 0. The van der Waals surface area contributed by atoms with Crippen molar-refractivity contribution in [1.29, 1.82) is 0 Å². The van der Waals surface area contributed by atoms with Gasteiger partial charge in [0.05, 0.1) is 5.56 Å². The number of benzene rings is 2. The van der Waals surface area contributed by atoms with Gasteiger partial charge in [-0.2, -0.15) is 0 Å². The van der Waals surface area contributed by atoms with Crippen LogP contribution in [0.25, 0.3) is 0 Å². The third-order valence-corrected chi connectivity index (χ3v) is 2.80. The molecule has 0 aromatic heterocycles. The van der Waals surface area contributed by atoms with Gasteiger partial charge in [0, 0.05) is 11.1 Å². The third-order valence-electron chi connectivity index (χ3n) is 2.80. The van der Waals surface area contributed by atoms with E-state index in [1.165, 1.54) is 24.3 Å². The topological polar surface area (TPSA) is 71.1 Å². The number of ether oxygens (including phenoxy) is 1. The highest BCUT2D eigenvalue weighted by Gasteiger charge is 2.10. The van der Waals surface area contributed by atoms with Gasteiger partial charge >= 0.3 is 11.9 Å². The third kappa shape index (κ3) is 4.69. The van der Waals surface area contributed by atoms with Crippen molar-refractivity contribution < 1.29 is 29.1 Å². The van der Waals surface area contributed by atoms with Gasteiger partial charge in [0.1, 0.15) is 5.75 Å². The first-order valence-corrected chi connectivity index (χ1v) is 6.65. The normalized spacial score (nSPS) is 9.78. The maximum absolute atomic E-state index is 12.0. The molecule has 0 unspecified atom stereocenters. The Hall–Kier alpha value is -3.12. The molecule has 0 radical (unpaired) electrons. The van der Waals surface area contributed by atoms with E-state index in [1.807, 2.05) is 19.1 Å². The average Bonchev–Trinajstić information content (AvgIpc) is 2.57. The maximum Gasteiger partial charge on any atom is 0.369 e. The van der Waals surface area contributed by atoms with E-state index in [0.717, 1.165) is 11.6 Å². The predicted octanol–water partition coefficient (Wildman–Crippen LogP) is 3.17. The van der Waals surface area contributed by atoms with E-state index in [2.05, 4.69) is 16.5 Å². The van der Waals surface area contributed by atoms with Crippen molar-refractivity contribution in [1.82, 2.24) is 0 Å². The molecule has 6 nitrogen and oxygen atoms in total. The first kappa shape index (κ1) is 16.3. The molecule has 0 saturated heterocycles. The van der Waals surface area contributed by atoms with E-state index in [0.29, 0.717) is 11.3 Å². The Morgan fingerprint density at radius 3 is 2.39 bits per heavy atom. The summed E-state index contributed by atoms with van der Waals surface area (Å²) in [5, 5.41) is 4.25. The fraction of sp³-hybridized carbons (Fsp3) is 0.0588. The summed E-state index contributed by atoms with van der Waals surface area (Å²) in [6.45, 7) is 5.04. The van der Waals surface area contributed by atoms with E-state index in [1.54, 1.807) is 12.1 Å². The van der Waals surface area contributed by atoms with Crippen molar-refractivity contribution in [2.75, 3.05) is 0 Å². The van der Waals surface area contributed by atoms with Crippen LogP contribution in [-0.4, -0.2) is 11.9 Å². The maximum atomic E-state index is 12.0. The second-order valence-corrected chi connectivity index (χ2v) is 4.44. The molecule has 2 rings (SSSR count). The summed E-state index contributed by atoms with van der Waals surface area (Å²) in [6, 6.07) is 13.1. The Kier molecular flexibility index (Phi) is 5.49. The van der Waals surface area contributed by atoms with E-state index >= 15 is 0 Å². The molecule has 2 aromatic carbocycles. The Morgan fingerprint density at radius 1 is 1.04 bits per heavy atom. The molecule has 0 aliphatic heterocycles. The van der Waals surface area contributed by atoms with E-state index in [4.69, 9.17) is 9.62 Å². The molecule has 6 heteroatoms. The molecule has 0 atom stereocenters. The molecule has 0 N–H and O–H groups in total. The zero-order valence-corrected chi connectivity index (χ0v) is 12.4. The Morgan fingerprint density at radius 2 is 1.74 bits per heavy atom. The molecule has 0 bridgehead atoms. The van der Waals surface area contributed by atoms with Crippen molar-refractivity contribution in [2.24, 2.45) is 0 Å². The Bertz CT molecular complexity index is 705. The molecule has 0 fully saturated rings. The summed E-state index contributed by atoms with van der Waals surface area (Å²) < 4.78 is 5.31. The fourth-order valence-electron chi connectivity index (χ4n) is 1.60. The highest BCUT2D eigenvalue weighted by molar-refractivity contribution is 5.91. The quantitative estimate of drug-likeness (QED) is 0.268. The standard InChI is InChI=1S/C17H14O6/c1-3-16(18)22-23-21-14-10-8-13(9-11-14)17(19)20-15-7-5-4-6-12(15)2/h3-11H,1H2,2H3. The van der Waals surface area contributed by atoms with Crippen LogP contribution in [0.3, 0.4) is 0 Å². The van der Waals surface area contributed by atoms with E-state index in [-0.39, 0.29) is 5.75 Å². The molecule has 0 aliphatic carbocycles. The van der Waals surface area contributed by atoms with Gasteiger partial charge in [0.15, 0.2) is 5.75 Å². The van der Waals surface area contributed by atoms with Crippen LogP contribution in [0.4, 0.5) is 0 Å². The minimum atomic E-state index is -0.788. The lowest BCUT2D eigenvalue weighted by atomic mass is 10.2. The monoisotopic (exact) mass is 314 g/mol. The lowest BCUT2D eigenvalue weighted by molar-refractivity contribution is -0.434. The first-order chi connectivity index (χ1) is 11.1. The van der Waals surface area contributed by atoms with Crippen LogP contribution in [0, 0.1) is 6.92 Å². The number of esters is 1. The minimum Gasteiger partial charge on any atom is -0.423 e. The molecule has 0 aliphatic rings. The number of hydrogen-bond acceptors (Lipinski definition) is 6. The largest absolute Gasteiger partial charge is 0.423 e. The lowest BCUT2D eigenvalue weighted by Gasteiger charge is -2.07. The summed E-state index contributed by atoms with van der Waals surface area (Å²) in [4.78, 5) is 31.7. The molecular weight excluding hydrogens is 300 g/mol. The van der Waals surface area contributed by atoms with Crippen molar-refractivity contribution in [3.05, 3.63) is 72.3 Å². The van der Waals surface area contributed by atoms with Crippen molar-refractivity contribution in [3.8, 4) is 11.5 Å². The van der Waals surface area contributed by atoms with Crippen molar-refractivity contribution >= 4 is 11.9 Å². The predicted molar refractivity (Wildman–Crippen MR) is 80.6 cm³/mol. The summed E-state index contributed by atoms with van der Waals surface area (Å²) in [5.74, 6) is -0.542. The Labute approximate surface area is 132 Å².